The molecule has 0 aromatic carbocycles. The van der Waals surface area contributed by atoms with Crippen molar-refractivity contribution in [2.45, 2.75) is 463 Å². The zero-order chi connectivity index (χ0) is 59.9. The van der Waals surface area contributed by atoms with Gasteiger partial charge in [0.05, 0.1) is 0 Å². The van der Waals surface area contributed by atoms with Gasteiger partial charge in [0, 0.05) is 19.3 Å². The minimum Gasteiger partial charge on any atom is -0.462 e. The highest BCUT2D eigenvalue weighted by Crippen LogP contribution is 2.20. The molecule has 494 valence electrons. The zero-order valence-electron chi connectivity index (χ0n) is 57.0. The Morgan fingerprint density at radius 1 is 0.193 bits per heavy atom. The van der Waals surface area contributed by atoms with E-state index in [1.165, 1.54) is 360 Å². The SMILES string of the molecule is CCCCCCCCCCCCCCCCCCCCCCCCCCCCCCCCCCCCCC(=O)OCC(COC(=O)CCCCCCCCCCCCCCCCC)OC(=O)CCCCCCCCCCCCCCCCC. The van der Waals surface area contributed by atoms with E-state index >= 15 is 0 Å². The van der Waals surface area contributed by atoms with Gasteiger partial charge < -0.3 is 14.2 Å². The third-order valence-electron chi connectivity index (χ3n) is 18.1. The molecule has 0 radical (unpaired) electrons. The number of ether oxygens (including phenoxy) is 3. The summed E-state index contributed by atoms with van der Waals surface area (Å²) in [6, 6.07) is 0. The molecule has 0 aliphatic heterocycles. The first kappa shape index (κ1) is 81.4. The van der Waals surface area contributed by atoms with Gasteiger partial charge in [-0.25, -0.2) is 0 Å². The van der Waals surface area contributed by atoms with Crippen LogP contribution in [0.2, 0.25) is 0 Å². The van der Waals surface area contributed by atoms with Crippen molar-refractivity contribution in [2.75, 3.05) is 13.2 Å². The van der Waals surface area contributed by atoms with Crippen LogP contribution in [-0.2, 0) is 28.6 Å². The lowest BCUT2D eigenvalue weighted by Crippen LogP contribution is -2.30. The van der Waals surface area contributed by atoms with Gasteiger partial charge in [-0.1, -0.05) is 419 Å². The Balaban J connectivity index is 4.03. The fraction of sp³-hybridized carbons (Fsp3) is 0.961. The fourth-order valence-electron chi connectivity index (χ4n) is 12.3. The Bertz CT molecular complexity index is 1250. The Labute approximate surface area is 520 Å². The summed E-state index contributed by atoms with van der Waals surface area (Å²) in [4.78, 5) is 38.4. The van der Waals surface area contributed by atoms with Gasteiger partial charge in [-0.2, -0.15) is 0 Å². The maximum absolute atomic E-state index is 12.9. The highest BCUT2D eigenvalue weighted by Gasteiger charge is 2.20. The summed E-state index contributed by atoms with van der Waals surface area (Å²) in [6.07, 6.45) is 87.5. The molecule has 0 fully saturated rings. The number of carbonyl (C=O) groups is 3. The van der Waals surface area contributed by atoms with Gasteiger partial charge >= 0.3 is 17.9 Å². The smallest absolute Gasteiger partial charge is 0.306 e. The summed E-state index contributed by atoms with van der Waals surface area (Å²) in [7, 11) is 0. The summed E-state index contributed by atoms with van der Waals surface area (Å²) >= 11 is 0. The lowest BCUT2D eigenvalue weighted by Gasteiger charge is -2.18. The molecule has 0 saturated heterocycles. The predicted octanol–water partition coefficient (Wildman–Crippen LogP) is 26.6. The van der Waals surface area contributed by atoms with Gasteiger partial charge in [-0.15, -0.1) is 0 Å². The van der Waals surface area contributed by atoms with Crippen LogP contribution in [0, 0.1) is 0 Å². The highest BCUT2D eigenvalue weighted by molar-refractivity contribution is 5.71. The Morgan fingerprint density at radius 2 is 0.325 bits per heavy atom. The first-order chi connectivity index (χ1) is 41.0. The summed E-state index contributed by atoms with van der Waals surface area (Å²) in [5, 5.41) is 0. The number of hydrogen-bond acceptors (Lipinski definition) is 6. The van der Waals surface area contributed by atoms with Crippen molar-refractivity contribution in [2.24, 2.45) is 0 Å². The molecule has 83 heavy (non-hydrogen) atoms. The van der Waals surface area contributed by atoms with Crippen LogP contribution in [0.3, 0.4) is 0 Å². The molecule has 0 aromatic heterocycles. The van der Waals surface area contributed by atoms with Crippen LogP contribution in [0.5, 0.6) is 0 Å². The van der Waals surface area contributed by atoms with Crippen molar-refractivity contribution in [3.63, 3.8) is 0 Å². The number of carbonyl (C=O) groups excluding carboxylic acids is 3. The van der Waals surface area contributed by atoms with Crippen LogP contribution in [0.4, 0.5) is 0 Å². The van der Waals surface area contributed by atoms with E-state index in [4.69, 9.17) is 14.2 Å². The van der Waals surface area contributed by atoms with Gasteiger partial charge in [0.1, 0.15) is 13.2 Å². The standard InChI is InChI=1S/C77H150O6/c1-4-7-10-13-16-19-22-25-28-29-30-31-32-33-34-35-36-37-38-39-40-41-42-43-44-45-46-47-50-52-55-58-61-64-67-70-76(79)82-73-74(83-77(80)71-68-65-62-59-56-53-49-27-24-21-18-15-12-9-6-3)72-81-75(78)69-66-63-60-57-54-51-48-26-23-20-17-14-11-8-5-2/h74H,4-73H2,1-3H3. The maximum Gasteiger partial charge on any atom is 0.306 e. The van der Waals surface area contributed by atoms with E-state index < -0.39 is 6.10 Å². The minimum atomic E-state index is -0.763. The molecule has 1 unspecified atom stereocenters. The molecule has 0 aromatic rings. The first-order valence-corrected chi connectivity index (χ1v) is 38.5. The predicted molar refractivity (Wildman–Crippen MR) is 363 cm³/mol. The van der Waals surface area contributed by atoms with E-state index in [1.807, 2.05) is 0 Å². The molecule has 0 aliphatic rings. The van der Waals surface area contributed by atoms with Crippen LogP contribution in [0.15, 0.2) is 0 Å². The topological polar surface area (TPSA) is 78.9 Å². The van der Waals surface area contributed by atoms with Gasteiger partial charge in [-0.3, -0.25) is 14.4 Å². The molecule has 6 nitrogen and oxygen atoms in total. The maximum atomic E-state index is 12.9. The van der Waals surface area contributed by atoms with Crippen LogP contribution in [0.1, 0.15) is 457 Å². The van der Waals surface area contributed by atoms with Crippen molar-refractivity contribution >= 4 is 17.9 Å². The van der Waals surface area contributed by atoms with Crippen molar-refractivity contribution in [3.8, 4) is 0 Å². The summed E-state index contributed by atoms with van der Waals surface area (Å²) in [6.45, 7) is 6.75. The van der Waals surface area contributed by atoms with Crippen molar-refractivity contribution in [1.29, 1.82) is 0 Å². The summed E-state index contributed by atoms with van der Waals surface area (Å²) in [5.41, 5.74) is 0. The van der Waals surface area contributed by atoms with Crippen molar-refractivity contribution in [3.05, 3.63) is 0 Å². The van der Waals surface area contributed by atoms with E-state index in [1.54, 1.807) is 0 Å². The Morgan fingerprint density at radius 3 is 0.482 bits per heavy atom. The van der Waals surface area contributed by atoms with Crippen LogP contribution in [-0.4, -0.2) is 37.2 Å². The Kier molecular flexibility index (Phi) is 71.5. The lowest BCUT2D eigenvalue weighted by molar-refractivity contribution is -0.167. The zero-order valence-corrected chi connectivity index (χ0v) is 57.0. The van der Waals surface area contributed by atoms with E-state index in [2.05, 4.69) is 20.8 Å². The summed E-state index contributed by atoms with van der Waals surface area (Å²) in [5.74, 6) is -0.819. The van der Waals surface area contributed by atoms with E-state index in [9.17, 15) is 14.4 Å². The first-order valence-electron chi connectivity index (χ1n) is 38.5. The molecule has 0 aliphatic carbocycles. The molecular formula is C77H150O6. The largest absolute Gasteiger partial charge is 0.462 e. The molecule has 0 amide bonds. The number of hydrogen-bond donors (Lipinski definition) is 0. The normalized spacial score (nSPS) is 11.9. The molecule has 0 heterocycles. The number of esters is 3. The van der Waals surface area contributed by atoms with Gasteiger partial charge in [0.15, 0.2) is 6.10 Å². The Hall–Kier alpha value is -1.59. The number of rotatable bonds is 73. The summed E-state index contributed by atoms with van der Waals surface area (Å²) < 4.78 is 17.0. The monoisotopic (exact) mass is 1170 g/mol. The molecule has 6 heteroatoms. The third kappa shape index (κ3) is 71.1. The molecule has 0 N–H and O–H groups in total. The second kappa shape index (κ2) is 72.9. The van der Waals surface area contributed by atoms with E-state index in [-0.39, 0.29) is 31.1 Å². The quantitative estimate of drug-likeness (QED) is 0.0343. The van der Waals surface area contributed by atoms with Gasteiger partial charge in [-0.05, 0) is 19.3 Å². The molecule has 0 rings (SSSR count). The molecule has 0 bridgehead atoms. The average Bonchev–Trinajstić information content (AvgIpc) is 3.49. The van der Waals surface area contributed by atoms with Crippen LogP contribution < -0.4 is 0 Å². The lowest BCUT2D eigenvalue weighted by atomic mass is 10.0. The molecule has 0 spiro atoms. The van der Waals surface area contributed by atoms with Crippen LogP contribution in [0.25, 0.3) is 0 Å². The molecular weight excluding hydrogens is 1020 g/mol. The van der Waals surface area contributed by atoms with Gasteiger partial charge in [0.25, 0.3) is 0 Å². The van der Waals surface area contributed by atoms with Crippen LogP contribution >= 0.6 is 0 Å². The highest BCUT2D eigenvalue weighted by atomic mass is 16.6. The fourth-order valence-corrected chi connectivity index (χ4v) is 12.3. The second-order valence-corrected chi connectivity index (χ2v) is 26.6. The van der Waals surface area contributed by atoms with E-state index in [0.29, 0.717) is 19.3 Å². The second-order valence-electron chi connectivity index (χ2n) is 26.6. The van der Waals surface area contributed by atoms with Crippen molar-refractivity contribution < 1.29 is 28.6 Å². The van der Waals surface area contributed by atoms with Crippen molar-refractivity contribution in [1.82, 2.24) is 0 Å². The third-order valence-corrected chi connectivity index (χ3v) is 18.1. The molecule has 1 atom stereocenters. The molecule has 0 saturated carbocycles. The van der Waals surface area contributed by atoms with E-state index in [0.717, 1.165) is 57.8 Å². The number of unbranched alkanes of at least 4 members (excludes halogenated alkanes) is 62. The minimum absolute atomic E-state index is 0.0602. The average molecular weight is 1170 g/mol. The van der Waals surface area contributed by atoms with Gasteiger partial charge in [0.2, 0.25) is 0 Å².